The van der Waals surface area contributed by atoms with Crippen LogP contribution in [0.1, 0.15) is 16.8 Å². The maximum Gasteiger partial charge on any atom is 0.229 e. The fourth-order valence-electron chi connectivity index (χ4n) is 1.29. The molecule has 1 aromatic carbocycles. The summed E-state index contributed by atoms with van der Waals surface area (Å²) < 4.78 is 0. The number of carbonyl (C=O) groups is 2. The van der Waals surface area contributed by atoms with Gasteiger partial charge >= 0.3 is 0 Å². The Morgan fingerprint density at radius 1 is 1.33 bits per heavy atom. The lowest BCUT2D eigenvalue weighted by Crippen LogP contribution is -2.20. The largest absolute Gasteiger partial charge is 0.508 e. The fourth-order valence-corrected chi connectivity index (χ4v) is 2.10. The van der Waals surface area contributed by atoms with Gasteiger partial charge in [0, 0.05) is 25.3 Å². The van der Waals surface area contributed by atoms with E-state index >= 15 is 0 Å². The van der Waals surface area contributed by atoms with Crippen molar-refractivity contribution < 1.29 is 19.8 Å². The summed E-state index contributed by atoms with van der Waals surface area (Å²) in [5, 5.41) is 21.1. The molecule has 0 fully saturated rings. The molecule has 3 N–H and O–H groups in total. The first-order chi connectivity index (χ1) is 8.54. The van der Waals surface area contributed by atoms with Crippen molar-refractivity contribution in [2.24, 2.45) is 0 Å². The van der Waals surface area contributed by atoms with Crippen LogP contribution in [-0.4, -0.2) is 40.5 Å². The number of nitrogens with one attached hydrogen (secondary N) is 1. The maximum absolute atomic E-state index is 11.7. The number of benzene rings is 1. The third-order valence-electron chi connectivity index (χ3n) is 2.27. The van der Waals surface area contributed by atoms with E-state index in [2.05, 4.69) is 5.32 Å². The summed E-state index contributed by atoms with van der Waals surface area (Å²) in [6, 6.07) is 3.87. The zero-order valence-corrected chi connectivity index (χ0v) is 10.8. The molecule has 0 saturated carbocycles. The first-order valence-electron chi connectivity index (χ1n) is 5.38. The minimum absolute atomic E-state index is 0.0834. The van der Waals surface area contributed by atoms with E-state index in [1.54, 1.807) is 7.05 Å². The average Bonchev–Trinajstić information content (AvgIpc) is 2.34. The van der Waals surface area contributed by atoms with Gasteiger partial charge in [-0.25, -0.2) is 0 Å². The van der Waals surface area contributed by atoms with Gasteiger partial charge in [-0.3, -0.25) is 9.59 Å². The third kappa shape index (κ3) is 4.29. The fraction of sp³-hybridized carbons (Fsp3) is 0.333. The van der Waals surface area contributed by atoms with Crippen molar-refractivity contribution in [3.05, 3.63) is 23.8 Å². The Kier molecular flexibility index (Phi) is 5.51. The number of thioether (sulfide) groups is 1. The maximum atomic E-state index is 11.7. The summed E-state index contributed by atoms with van der Waals surface area (Å²) >= 11 is 1.35. The molecule has 0 aliphatic carbocycles. The summed E-state index contributed by atoms with van der Waals surface area (Å²) in [6.45, 7) is 0. The number of phenolic OH excluding ortho intramolecular Hbond substituents is 2. The van der Waals surface area contributed by atoms with Crippen molar-refractivity contribution in [3.63, 3.8) is 0 Å². The molecule has 0 aliphatic heterocycles. The number of phenols is 2. The topological polar surface area (TPSA) is 86.6 Å². The number of hydrogen-bond acceptors (Lipinski definition) is 5. The molecule has 98 valence electrons. The van der Waals surface area contributed by atoms with Crippen LogP contribution in [0.15, 0.2) is 18.2 Å². The summed E-state index contributed by atoms with van der Waals surface area (Å²) in [5.41, 5.74) is 0.188. The molecule has 0 unspecified atom stereocenters. The minimum atomic E-state index is -0.226. The van der Waals surface area contributed by atoms with Crippen LogP contribution in [0.2, 0.25) is 0 Å². The van der Waals surface area contributed by atoms with Crippen LogP contribution in [0.25, 0.3) is 0 Å². The Morgan fingerprint density at radius 2 is 2.06 bits per heavy atom. The van der Waals surface area contributed by atoms with Gasteiger partial charge in [0.15, 0.2) is 5.78 Å². The normalized spacial score (nSPS) is 10.1. The summed E-state index contributed by atoms with van der Waals surface area (Å²) in [7, 11) is 1.56. The van der Waals surface area contributed by atoms with Crippen molar-refractivity contribution in [1.29, 1.82) is 0 Å². The van der Waals surface area contributed by atoms with Gasteiger partial charge in [0.05, 0.1) is 11.3 Å². The van der Waals surface area contributed by atoms with Crippen molar-refractivity contribution in [2.75, 3.05) is 18.6 Å². The highest BCUT2D eigenvalue weighted by Crippen LogP contribution is 2.24. The zero-order valence-electron chi connectivity index (χ0n) is 9.97. The lowest BCUT2D eigenvalue weighted by molar-refractivity contribution is -0.118. The minimum Gasteiger partial charge on any atom is -0.508 e. The van der Waals surface area contributed by atoms with Gasteiger partial charge in [0.25, 0.3) is 0 Å². The molecule has 0 aliphatic rings. The predicted molar refractivity (Wildman–Crippen MR) is 70.1 cm³/mol. The van der Waals surface area contributed by atoms with Crippen LogP contribution >= 0.6 is 11.8 Å². The smallest absolute Gasteiger partial charge is 0.229 e. The molecular formula is C12H15NO4S. The van der Waals surface area contributed by atoms with Crippen LogP contribution in [0.3, 0.4) is 0 Å². The Morgan fingerprint density at radius 3 is 2.67 bits per heavy atom. The molecular weight excluding hydrogens is 254 g/mol. The molecule has 1 amide bonds. The van der Waals surface area contributed by atoms with Gasteiger partial charge in [-0.2, -0.15) is 11.8 Å². The second-order valence-corrected chi connectivity index (χ2v) is 4.71. The number of rotatable bonds is 6. The number of aromatic hydroxyl groups is 2. The Hall–Kier alpha value is -1.69. The molecule has 1 aromatic rings. The molecule has 0 atom stereocenters. The Bertz CT molecular complexity index is 448. The van der Waals surface area contributed by atoms with Crippen LogP contribution in [0.5, 0.6) is 11.5 Å². The number of Topliss-reactive ketones (excluding diaryl/α,β-unsaturated/α-hetero) is 1. The van der Waals surface area contributed by atoms with Crippen LogP contribution in [0.4, 0.5) is 0 Å². The second-order valence-electron chi connectivity index (χ2n) is 3.60. The van der Waals surface area contributed by atoms with E-state index in [9.17, 15) is 14.7 Å². The van der Waals surface area contributed by atoms with Gasteiger partial charge < -0.3 is 15.5 Å². The highest BCUT2D eigenvalue weighted by atomic mass is 32.2. The van der Waals surface area contributed by atoms with Crippen molar-refractivity contribution in [2.45, 2.75) is 6.42 Å². The molecule has 1 rings (SSSR count). The lowest BCUT2D eigenvalue weighted by Gasteiger charge is -2.04. The number of amides is 1. The molecule has 0 saturated heterocycles. The lowest BCUT2D eigenvalue weighted by atomic mass is 10.1. The van der Waals surface area contributed by atoms with E-state index in [4.69, 9.17) is 5.11 Å². The van der Waals surface area contributed by atoms with E-state index in [0.29, 0.717) is 11.5 Å². The molecule has 18 heavy (non-hydrogen) atoms. The molecule has 5 nitrogen and oxygen atoms in total. The number of ketones is 1. The molecule has 0 radical (unpaired) electrons. The van der Waals surface area contributed by atoms with Gasteiger partial charge in [-0.05, 0) is 12.1 Å². The van der Waals surface area contributed by atoms with Crippen LogP contribution in [-0.2, 0) is 4.79 Å². The van der Waals surface area contributed by atoms with E-state index in [1.165, 1.54) is 23.9 Å². The summed E-state index contributed by atoms with van der Waals surface area (Å²) in [6.07, 6.45) is 0.236. The highest BCUT2D eigenvalue weighted by molar-refractivity contribution is 7.99. The van der Waals surface area contributed by atoms with Gasteiger partial charge in [-0.15, -0.1) is 0 Å². The first kappa shape index (κ1) is 14.4. The van der Waals surface area contributed by atoms with Crippen LogP contribution < -0.4 is 5.32 Å². The average molecular weight is 269 g/mol. The van der Waals surface area contributed by atoms with Gasteiger partial charge in [0.1, 0.15) is 11.5 Å². The van der Waals surface area contributed by atoms with Crippen molar-refractivity contribution >= 4 is 23.5 Å². The molecule has 0 aromatic heterocycles. The monoisotopic (exact) mass is 269 g/mol. The van der Waals surface area contributed by atoms with Crippen molar-refractivity contribution in [1.82, 2.24) is 5.32 Å². The SMILES string of the molecule is CNC(=O)CSCCC(=O)c1ccc(O)cc1O. The standard InChI is InChI=1S/C12H15NO4S/c1-13-12(17)7-18-5-4-10(15)9-3-2-8(14)6-11(9)16/h2-3,6,14,16H,4-5,7H2,1H3,(H,13,17). The van der Waals surface area contributed by atoms with Gasteiger partial charge in [0.2, 0.25) is 5.91 Å². The van der Waals surface area contributed by atoms with Crippen LogP contribution in [0, 0.1) is 0 Å². The van der Waals surface area contributed by atoms with E-state index in [-0.39, 0.29) is 35.2 Å². The molecule has 6 heteroatoms. The number of carbonyl (C=O) groups excluding carboxylic acids is 2. The molecule has 0 spiro atoms. The Labute approximate surface area is 109 Å². The third-order valence-corrected chi connectivity index (χ3v) is 3.23. The first-order valence-corrected chi connectivity index (χ1v) is 6.53. The van der Waals surface area contributed by atoms with Crippen molar-refractivity contribution in [3.8, 4) is 11.5 Å². The summed E-state index contributed by atoms with van der Waals surface area (Å²) in [5.74, 6) is 0.212. The number of hydrogen-bond donors (Lipinski definition) is 3. The van der Waals surface area contributed by atoms with E-state index < -0.39 is 0 Å². The highest BCUT2D eigenvalue weighted by Gasteiger charge is 2.11. The summed E-state index contributed by atoms with van der Waals surface area (Å²) in [4.78, 5) is 22.7. The predicted octanol–water partition coefficient (Wildman–Crippen LogP) is 1.15. The molecule has 0 heterocycles. The quantitative estimate of drug-likeness (QED) is 0.532. The van der Waals surface area contributed by atoms with E-state index in [0.717, 1.165) is 6.07 Å². The molecule has 0 bridgehead atoms. The zero-order chi connectivity index (χ0) is 13.5. The second kappa shape index (κ2) is 6.90. The Balaban J connectivity index is 2.43. The van der Waals surface area contributed by atoms with E-state index in [1.807, 2.05) is 0 Å². The van der Waals surface area contributed by atoms with Gasteiger partial charge in [-0.1, -0.05) is 0 Å².